The summed E-state index contributed by atoms with van der Waals surface area (Å²) in [4.78, 5) is 40.5. The third-order valence-electron chi connectivity index (χ3n) is 3.88. The van der Waals surface area contributed by atoms with Crippen LogP contribution >= 0.6 is 0 Å². The molecule has 23 heavy (non-hydrogen) atoms. The van der Waals surface area contributed by atoms with E-state index in [0.29, 0.717) is 26.2 Å². The van der Waals surface area contributed by atoms with Gasteiger partial charge in [0.1, 0.15) is 0 Å². The lowest BCUT2D eigenvalue weighted by Gasteiger charge is -2.37. The zero-order chi connectivity index (χ0) is 17.4. The van der Waals surface area contributed by atoms with Gasteiger partial charge in [0.15, 0.2) is 0 Å². The molecule has 1 saturated heterocycles. The molecule has 1 aliphatic rings. The minimum absolute atomic E-state index is 0.0308. The van der Waals surface area contributed by atoms with Crippen molar-refractivity contribution in [2.45, 2.75) is 13.0 Å². The number of rotatable bonds is 6. The summed E-state index contributed by atoms with van der Waals surface area (Å²) in [7, 11) is 1.57. The maximum atomic E-state index is 12.2. The molecule has 1 N–H and O–H groups in total. The van der Waals surface area contributed by atoms with Gasteiger partial charge in [0.25, 0.3) is 0 Å². The Morgan fingerprint density at radius 2 is 1.96 bits per heavy atom. The molecule has 1 unspecified atom stereocenters. The Morgan fingerprint density at radius 1 is 1.35 bits per heavy atom. The molecule has 126 valence electrons. The van der Waals surface area contributed by atoms with Crippen molar-refractivity contribution in [1.29, 1.82) is 0 Å². The van der Waals surface area contributed by atoms with Crippen LogP contribution in [0, 0.1) is 12.3 Å². The van der Waals surface area contributed by atoms with E-state index < -0.39 is 0 Å². The summed E-state index contributed by atoms with van der Waals surface area (Å²) in [5.74, 6) is 1.87. The molecule has 7 nitrogen and oxygen atoms in total. The van der Waals surface area contributed by atoms with E-state index >= 15 is 0 Å². The SMILES string of the molecule is C#CCNC(=O)C(C)N1CCN(C(=O)CN(C)C(=O)C=C)CC1. The first-order valence-electron chi connectivity index (χ1n) is 7.51. The van der Waals surface area contributed by atoms with Gasteiger partial charge in [-0.05, 0) is 13.0 Å². The van der Waals surface area contributed by atoms with Crippen molar-refractivity contribution >= 4 is 17.7 Å². The van der Waals surface area contributed by atoms with E-state index in [2.05, 4.69) is 17.8 Å². The Hall–Kier alpha value is -2.33. The average molecular weight is 320 g/mol. The van der Waals surface area contributed by atoms with Gasteiger partial charge in [-0.2, -0.15) is 0 Å². The largest absolute Gasteiger partial charge is 0.344 e. The second-order valence-corrected chi connectivity index (χ2v) is 5.41. The number of nitrogens with one attached hydrogen (secondary N) is 1. The fourth-order valence-electron chi connectivity index (χ4n) is 2.35. The first kappa shape index (κ1) is 18.7. The van der Waals surface area contributed by atoms with Gasteiger partial charge in [-0.3, -0.25) is 19.3 Å². The lowest BCUT2D eigenvalue weighted by molar-refractivity contribution is -0.139. The van der Waals surface area contributed by atoms with Crippen molar-refractivity contribution in [3.05, 3.63) is 12.7 Å². The fourth-order valence-corrected chi connectivity index (χ4v) is 2.35. The van der Waals surface area contributed by atoms with Crippen LogP contribution < -0.4 is 5.32 Å². The van der Waals surface area contributed by atoms with Crippen LogP contribution in [0.3, 0.4) is 0 Å². The van der Waals surface area contributed by atoms with Crippen molar-refractivity contribution in [3.8, 4) is 12.3 Å². The summed E-state index contributed by atoms with van der Waals surface area (Å²) in [6.07, 6.45) is 6.30. The van der Waals surface area contributed by atoms with Gasteiger partial charge < -0.3 is 15.1 Å². The van der Waals surface area contributed by atoms with E-state index in [1.807, 2.05) is 11.8 Å². The van der Waals surface area contributed by atoms with Gasteiger partial charge in [-0.15, -0.1) is 6.42 Å². The second kappa shape index (κ2) is 8.96. The third kappa shape index (κ3) is 5.42. The van der Waals surface area contributed by atoms with E-state index in [9.17, 15) is 14.4 Å². The van der Waals surface area contributed by atoms with Crippen LogP contribution in [0.1, 0.15) is 6.92 Å². The van der Waals surface area contributed by atoms with E-state index in [-0.39, 0.29) is 36.9 Å². The number of carbonyl (C=O) groups is 3. The molecule has 1 fully saturated rings. The molecule has 7 heteroatoms. The number of hydrogen-bond acceptors (Lipinski definition) is 4. The molecule has 0 aromatic heterocycles. The third-order valence-corrected chi connectivity index (χ3v) is 3.88. The van der Waals surface area contributed by atoms with Crippen molar-refractivity contribution in [2.24, 2.45) is 0 Å². The summed E-state index contributed by atoms with van der Waals surface area (Å²) in [5.41, 5.74) is 0. The first-order chi connectivity index (χ1) is 10.9. The minimum Gasteiger partial charge on any atom is -0.344 e. The highest BCUT2D eigenvalue weighted by Crippen LogP contribution is 2.07. The van der Waals surface area contributed by atoms with E-state index in [0.717, 1.165) is 0 Å². The highest BCUT2D eigenvalue weighted by Gasteiger charge is 2.27. The molecule has 0 saturated carbocycles. The Kier molecular flexibility index (Phi) is 7.29. The Labute approximate surface area is 137 Å². The monoisotopic (exact) mass is 320 g/mol. The zero-order valence-corrected chi connectivity index (χ0v) is 13.7. The van der Waals surface area contributed by atoms with Crippen LogP contribution in [0.4, 0.5) is 0 Å². The maximum absolute atomic E-state index is 12.2. The van der Waals surface area contributed by atoms with Gasteiger partial charge in [-0.1, -0.05) is 12.5 Å². The quantitative estimate of drug-likeness (QED) is 0.499. The first-order valence-corrected chi connectivity index (χ1v) is 7.51. The molecular formula is C16H24N4O3. The lowest BCUT2D eigenvalue weighted by Crippen LogP contribution is -2.56. The molecule has 1 aliphatic heterocycles. The van der Waals surface area contributed by atoms with E-state index in [1.54, 1.807) is 11.9 Å². The minimum atomic E-state index is -0.286. The van der Waals surface area contributed by atoms with Crippen LogP contribution in [0.25, 0.3) is 0 Å². The molecule has 0 aromatic rings. The number of likely N-dealkylation sites (N-methyl/N-ethyl adjacent to an activating group) is 1. The number of terminal acetylenes is 1. The molecular weight excluding hydrogens is 296 g/mol. The summed E-state index contributed by atoms with van der Waals surface area (Å²) in [5, 5.41) is 2.66. The van der Waals surface area contributed by atoms with Gasteiger partial charge in [-0.25, -0.2) is 0 Å². The summed E-state index contributed by atoms with van der Waals surface area (Å²) in [6, 6.07) is -0.286. The van der Waals surface area contributed by atoms with Crippen molar-refractivity contribution < 1.29 is 14.4 Å². The number of carbonyl (C=O) groups excluding carboxylic acids is 3. The topological polar surface area (TPSA) is 73.0 Å². The van der Waals surface area contributed by atoms with Crippen LogP contribution in [0.5, 0.6) is 0 Å². The van der Waals surface area contributed by atoms with Gasteiger partial charge in [0.2, 0.25) is 17.7 Å². The van der Waals surface area contributed by atoms with Crippen LogP contribution in [-0.4, -0.2) is 84.8 Å². The fraction of sp³-hybridized carbons (Fsp3) is 0.562. The Morgan fingerprint density at radius 3 is 2.48 bits per heavy atom. The molecule has 0 aliphatic carbocycles. The zero-order valence-electron chi connectivity index (χ0n) is 13.7. The van der Waals surface area contributed by atoms with Gasteiger partial charge in [0, 0.05) is 33.2 Å². The Bertz CT molecular complexity index is 504. The summed E-state index contributed by atoms with van der Waals surface area (Å²) >= 11 is 0. The van der Waals surface area contributed by atoms with Crippen molar-refractivity contribution in [3.63, 3.8) is 0 Å². The van der Waals surface area contributed by atoms with Crippen LogP contribution in [-0.2, 0) is 14.4 Å². The van der Waals surface area contributed by atoms with Crippen LogP contribution in [0.15, 0.2) is 12.7 Å². The molecule has 1 atom stereocenters. The predicted molar refractivity (Wildman–Crippen MR) is 87.3 cm³/mol. The second-order valence-electron chi connectivity index (χ2n) is 5.41. The molecule has 0 spiro atoms. The Balaban J connectivity index is 2.44. The van der Waals surface area contributed by atoms with Gasteiger partial charge >= 0.3 is 0 Å². The smallest absolute Gasteiger partial charge is 0.246 e. The number of amides is 3. The number of piperazine rings is 1. The van der Waals surface area contributed by atoms with Gasteiger partial charge in [0.05, 0.1) is 19.1 Å². The van der Waals surface area contributed by atoms with E-state index in [1.165, 1.54) is 11.0 Å². The molecule has 0 aromatic carbocycles. The van der Waals surface area contributed by atoms with Crippen LogP contribution in [0.2, 0.25) is 0 Å². The highest BCUT2D eigenvalue weighted by molar-refractivity contribution is 5.90. The normalized spacial score (nSPS) is 16.1. The predicted octanol–water partition coefficient (Wildman–Crippen LogP) is -1.09. The highest BCUT2D eigenvalue weighted by atomic mass is 16.2. The number of hydrogen-bond donors (Lipinski definition) is 1. The maximum Gasteiger partial charge on any atom is 0.246 e. The number of nitrogens with zero attached hydrogens (tertiary/aromatic N) is 3. The van der Waals surface area contributed by atoms with Crippen molar-refractivity contribution in [1.82, 2.24) is 20.0 Å². The molecule has 3 amide bonds. The molecule has 1 rings (SSSR count). The van der Waals surface area contributed by atoms with E-state index in [4.69, 9.17) is 6.42 Å². The molecule has 0 bridgehead atoms. The summed E-state index contributed by atoms with van der Waals surface area (Å²) in [6.45, 7) is 7.73. The standard InChI is InChI=1S/C16H24N4O3/c1-5-7-17-16(23)13(3)19-8-10-20(11-9-19)15(22)12-18(4)14(21)6-2/h1,6,13H,2,7-12H2,3-4H3,(H,17,23). The van der Waals surface area contributed by atoms with Crippen molar-refractivity contribution in [2.75, 3.05) is 46.3 Å². The average Bonchev–Trinajstić information content (AvgIpc) is 2.58. The lowest BCUT2D eigenvalue weighted by atomic mass is 10.2. The molecule has 0 radical (unpaired) electrons. The molecule has 1 heterocycles. The summed E-state index contributed by atoms with van der Waals surface area (Å²) < 4.78 is 0.